The number of carbonyl (C=O) groups is 3. The fourth-order valence-corrected chi connectivity index (χ4v) is 4.38. The molecule has 0 spiro atoms. The third kappa shape index (κ3) is 5.44. The van der Waals surface area contributed by atoms with Crippen LogP contribution in [0.2, 0.25) is 0 Å². The first-order chi connectivity index (χ1) is 18.5. The van der Waals surface area contributed by atoms with E-state index in [1.165, 1.54) is 48.9 Å². The van der Waals surface area contributed by atoms with Crippen molar-refractivity contribution in [3.8, 4) is 10.4 Å². The fourth-order valence-electron chi connectivity index (χ4n) is 3.65. The standard InChI is InChI=1S/C26H20N6O5S/c27-18-8-7-17(20-2-1-13-38-20)14-19(18)28-24(33)16-5-3-15(4-6-16)23(25(34)29-21-9-11-36-31-21)26(35)30-22-10-12-37-32-22/h1-14,23H,27H2,(H,28,33)(H,29,31,34)(H,30,32,35). The lowest BCUT2D eigenvalue weighted by Crippen LogP contribution is -2.32. The van der Waals surface area contributed by atoms with Crippen LogP contribution in [-0.4, -0.2) is 28.0 Å². The van der Waals surface area contributed by atoms with Crippen LogP contribution in [0.25, 0.3) is 10.4 Å². The Hall–Kier alpha value is -5.23. The zero-order valence-electron chi connectivity index (χ0n) is 19.6. The van der Waals surface area contributed by atoms with Crippen molar-refractivity contribution >= 4 is 52.1 Å². The number of hydrogen-bond donors (Lipinski definition) is 4. The average molecular weight is 529 g/mol. The van der Waals surface area contributed by atoms with E-state index in [1.807, 2.05) is 29.6 Å². The molecule has 190 valence electrons. The minimum atomic E-state index is -1.29. The normalized spacial score (nSPS) is 10.8. The summed E-state index contributed by atoms with van der Waals surface area (Å²) in [6.45, 7) is 0. The highest BCUT2D eigenvalue weighted by atomic mass is 32.1. The number of carbonyl (C=O) groups excluding carboxylic acids is 3. The number of nitrogens with one attached hydrogen (secondary N) is 3. The largest absolute Gasteiger partial charge is 0.397 e. The Balaban J connectivity index is 1.35. The highest BCUT2D eigenvalue weighted by Crippen LogP contribution is 2.30. The smallest absolute Gasteiger partial charge is 0.255 e. The van der Waals surface area contributed by atoms with Gasteiger partial charge in [-0.15, -0.1) is 11.3 Å². The zero-order chi connectivity index (χ0) is 26.5. The summed E-state index contributed by atoms with van der Waals surface area (Å²) in [6.07, 6.45) is 2.58. The number of nitrogens with zero attached hydrogens (tertiary/aromatic N) is 2. The first kappa shape index (κ1) is 24.5. The maximum Gasteiger partial charge on any atom is 0.255 e. The number of rotatable bonds is 8. The van der Waals surface area contributed by atoms with Gasteiger partial charge in [-0.25, -0.2) is 0 Å². The Kier molecular flexibility index (Phi) is 6.95. The highest BCUT2D eigenvalue weighted by Gasteiger charge is 2.30. The van der Waals surface area contributed by atoms with Crippen LogP contribution >= 0.6 is 11.3 Å². The molecule has 0 fully saturated rings. The summed E-state index contributed by atoms with van der Waals surface area (Å²) < 4.78 is 9.47. The van der Waals surface area contributed by atoms with Crippen molar-refractivity contribution in [1.29, 1.82) is 0 Å². The van der Waals surface area contributed by atoms with Crippen molar-refractivity contribution in [2.24, 2.45) is 0 Å². The van der Waals surface area contributed by atoms with E-state index < -0.39 is 23.6 Å². The minimum absolute atomic E-state index is 0.146. The Labute approximate surface area is 219 Å². The summed E-state index contributed by atoms with van der Waals surface area (Å²) in [7, 11) is 0. The predicted molar refractivity (Wildman–Crippen MR) is 142 cm³/mol. The third-order valence-electron chi connectivity index (χ3n) is 5.52. The third-order valence-corrected chi connectivity index (χ3v) is 6.43. The predicted octanol–water partition coefficient (Wildman–Crippen LogP) is 4.59. The molecule has 0 aliphatic carbocycles. The highest BCUT2D eigenvalue weighted by molar-refractivity contribution is 7.13. The first-order valence-electron chi connectivity index (χ1n) is 11.2. The second-order valence-corrected chi connectivity index (χ2v) is 8.98. The van der Waals surface area contributed by atoms with Gasteiger partial charge >= 0.3 is 0 Å². The Morgan fingerprint density at radius 3 is 2.03 bits per heavy atom. The summed E-state index contributed by atoms with van der Waals surface area (Å²) in [4.78, 5) is 40.1. The molecule has 3 amide bonds. The van der Waals surface area contributed by atoms with E-state index in [4.69, 9.17) is 14.8 Å². The van der Waals surface area contributed by atoms with Crippen molar-refractivity contribution in [2.45, 2.75) is 5.92 Å². The van der Waals surface area contributed by atoms with Crippen molar-refractivity contribution in [3.63, 3.8) is 0 Å². The SMILES string of the molecule is Nc1ccc(-c2cccs2)cc1NC(=O)c1ccc(C(C(=O)Nc2ccon2)C(=O)Nc2ccon2)cc1. The Morgan fingerprint density at radius 2 is 1.47 bits per heavy atom. The van der Waals surface area contributed by atoms with E-state index in [0.717, 1.165) is 10.4 Å². The van der Waals surface area contributed by atoms with Gasteiger partial charge in [-0.05, 0) is 46.8 Å². The molecule has 0 aliphatic rings. The molecule has 5 aromatic rings. The molecule has 0 saturated carbocycles. The lowest BCUT2D eigenvalue weighted by molar-refractivity contribution is -0.126. The Bertz CT molecular complexity index is 1500. The van der Waals surface area contributed by atoms with Gasteiger partial charge in [0, 0.05) is 22.6 Å². The molecule has 3 heterocycles. The van der Waals surface area contributed by atoms with Crippen LogP contribution < -0.4 is 21.7 Å². The maximum absolute atomic E-state index is 13.0. The molecule has 38 heavy (non-hydrogen) atoms. The number of aromatic nitrogens is 2. The average Bonchev–Trinajstić information content (AvgIpc) is 3.70. The quantitative estimate of drug-likeness (QED) is 0.168. The van der Waals surface area contributed by atoms with E-state index in [2.05, 4.69) is 26.3 Å². The molecule has 0 radical (unpaired) electrons. The van der Waals surface area contributed by atoms with Gasteiger partial charge in [0.25, 0.3) is 5.91 Å². The molecule has 12 heteroatoms. The van der Waals surface area contributed by atoms with Crippen molar-refractivity contribution in [1.82, 2.24) is 10.3 Å². The van der Waals surface area contributed by atoms with Crippen LogP contribution in [0.4, 0.5) is 23.0 Å². The van der Waals surface area contributed by atoms with E-state index in [1.54, 1.807) is 17.4 Å². The second-order valence-electron chi connectivity index (χ2n) is 8.04. The van der Waals surface area contributed by atoms with Crippen LogP contribution in [0.1, 0.15) is 21.8 Å². The topological polar surface area (TPSA) is 165 Å². The van der Waals surface area contributed by atoms with Crippen LogP contribution in [0, 0.1) is 0 Å². The molecule has 3 aromatic heterocycles. The maximum atomic E-state index is 13.0. The van der Waals surface area contributed by atoms with Crippen LogP contribution in [0.5, 0.6) is 0 Å². The summed E-state index contributed by atoms with van der Waals surface area (Å²) in [5.74, 6) is -2.72. The van der Waals surface area contributed by atoms with Crippen LogP contribution in [-0.2, 0) is 9.59 Å². The van der Waals surface area contributed by atoms with E-state index in [9.17, 15) is 14.4 Å². The number of thiophene rings is 1. The molecular weight excluding hydrogens is 508 g/mol. The molecular formula is C26H20N6O5S. The van der Waals surface area contributed by atoms with E-state index >= 15 is 0 Å². The molecule has 5 N–H and O–H groups in total. The Morgan fingerprint density at radius 1 is 0.816 bits per heavy atom. The number of anilines is 4. The lowest BCUT2D eigenvalue weighted by atomic mass is 9.95. The second kappa shape index (κ2) is 10.8. The van der Waals surface area contributed by atoms with Gasteiger partial charge in [0.05, 0.1) is 11.4 Å². The van der Waals surface area contributed by atoms with Crippen LogP contribution in [0.3, 0.4) is 0 Å². The molecule has 2 aromatic carbocycles. The van der Waals surface area contributed by atoms with Gasteiger partial charge in [-0.3, -0.25) is 14.4 Å². The summed E-state index contributed by atoms with van der Waals surface area (Å²) >= 11 is 1.58. The number of nitrogen functional groups attached to an aromatic ring is 1. The first-order valence-corrected chi connectivity index (χ1v) is 12.1. The van der Waals surface area contributed by atoms with Gasteiger partial charge in [0.1, 0.15) is 18.4 Å². The number of hydrogen-bond acceptors (Lipinski definition) is 9. The zero-order valence-corrected chi connectivity index (χ0v) is 20.4. The molecule has 0 unspecified atom stereocenters. The lowest BCUT2D eigenvalue weighted by Gasteiger charge is -2.16. The van der Waals surface area contributed by atoms with E-state index in [0.29, 0.717) is 22.5 Å². The van der Waals surface area contributed by atoms with Crippen LogP contribution in [0.15, 0.2) is 93.7 Å². The summed E-state index contributed by atoms with van der Waals surface area (Å²) in [5.41, 5.74) is 8.55. The monoisotopic (exact) mass is 528 g/mol. The van der Waals surface area contributed by atoms with Crippen molar-refractivity contribution in [2.75, 3.05) is 21.7 Å². The molecule has 11 nitrogen and oxygen atoms in total. The number of amides is 3. The van der Waals surface area contributed by atoms with Gasteiger partial charge in [-0.2, -0.15) is 0 Å². The van der Waals surface area contributed by atoms with Crippen molar-refractivity contribution in [3.05, 3.63) is 95.8 Å². The minimum Gasteiger partial charge on any atom is -0.397 e. The van der Waals surface area contributed by atoms with Crippen molar-refractivity contribution < 1.29 is 23.4 Å². The molecule has 5 rings (SSSR count). The summed E-state index contributed by atoms with van der Waals surface area (Å²) in [6, 6.07) is 18.3. The van der Waals surface area contributed by atoms with Gasteiger partial charge in [-0.1, -0.05) is 34.6 Å². The molecule has 0 atom stereocenters. The van der Waals surface area contributed by atoms with Gasteiger partial charge in [0.15, 0.2) is 11.6 Å². The number of nitrogens with two attached hydrogens (primary N) is 1. The molecule has 0 saturated heterocycles. The van der Waals surface area contributed by atoms with Gasteiger partial charge in [0.2, 0.25) is 11.8 Å². The fraction of sp³-hybridized carbons (Fsp3) is 0.0385. The molecule has 0 bridgehead atoms. The van der Waals surface area contributed by atoms with Gasteiger partial charge < -0.3 is 30.7 Å². The summed E-state index contributed by atoms with van der Waals surface area (Å²) in [5, 5.41) is 17.2. The van der Waals surface area contributed by atoms with E-state index in [-0.39, 0.29) is 11.6 Å². The number of benzene rings is 2. The molecule has 0 aliphatic heterocycles.